The van der Waals surface area contributed by atoms with E-state index in [9.17, 15) is 13.2 Å². The third-order valence-electron chi connectivity index (χ3n) is 4.54. The van der Waals surface area contributed by atoms with Crippen molar-refractivity contribution in [3.63, 3.8) is 0 Å². The van der Waals surface area contributed by atoms with Gasteiger partial charge in [0.25, 0.3) is 0 Å². The Hall–Kier alpha value is -0.620. The van der Waals surface area contributed by atoms with Gasteiger partial charge in [-0.1, -0.05) is 25.7 Å². The highest BCUT2D eigenvalue weighted by Crippen LogP contribution is 2.21. The van der Waals surface area contributed by atoms with Crippen LogP contribution in [0.15, 0.2) is 0 Å². The lowest BCUT2D eigenvalue weighted by Gasteiger charge is -2.16. The average Bonchev–Trinajstić information content (AvgIpc) is 2.65. The number of carbonyl (C=O) groups is 1. The fourth-order valence-corrected chi connectivity index (χ4v) is 5.19. The van der Waals surface area contributed by atoms with Crippen LogP contribution in [0.4, 0.5) is 0 Å². The fourth-order valence-electron chi connectivity index (χ4n) is 3.33. The zero-order valence-electron chi connectivity index (χ0n) is 12.8. The monoisotopic (exact) mass is 316 g/mol. The molecule has 0 spiro atoms. The predicted molar refractivity (Wildman–Crippen MR) is 83.9 cm³/mol. The van der Waals surface area contributed by atoms with Gasteiger partial charge in [0.2, 0.25) is 5.91 Å². The van der Waals surface area contributed by atoms with Gasteiger partial charge in [-0.15, -0.1) is 0 Å². The molecule has 0 radical (unpaired) electrons. The molecule has 21 heavy (non-hydrogen) atoms. The van der Waals surface area contributed by atoms with Gasteiger partial charge in [0.15, 0.2) is 9.84 Å². The molecule has 1 amide bonds. The topological polar surface area (TPSA) is 75.3 Å². The molecule has 6 heteroatoms. The summed E-state index contributed by atoms with van der Waals surface area (Å²) in [5.41, 5.74) is 0. The van der Waals surface area contributed by atoms with E-state index >= 15 is 0 Å². The van der Waals surface area contributed by atoms with E-state index in [1.54, 1.807) is 0 Å². The molecule has 5 nitrogen and oxygen atoms in total. The maximum absolute atomic E-state index is 11.8. The van der Waals surface area contributed by atoms with Crippen LogP contribution in [-0.4, -0.2) is 45.0 Å². The lowest BCUT2D eigenvalue weighted by Crippen LogP contribution is -2.37. The largest absolute Gasteiger partial charge is 0.355 e. The molecule has 0 bridgehead atoms. The zero-order valence-corrected chi connectivity index (χ0v) is 13.6. The first-order valence-corrected chi connectivity index (χ1v) is 10.1. The van der Waals surface area contributed by atoms with Crippen molar-refractivity contribution in [2.75, 3.05) is 24.6 Å². The summed E-state index contributed by atoms with van der Waals surface area (Å²) in [4.78, 5) is 11.8. The van der Waals surface area contributed by atoms with Crippen molar-refractivity contribution in [2.45, 2.75) is 57.4 Å². The van der Waals surface area contributed by atoms with Gasteiger partial charge in [-0.25, -0.2) is 8.42 Å². The molecule has 1 aliphatic heterocycles. The van der Waals surface area contributed by atoms with E-state index in [-0.39, 0.29) is 23.3 Å². The Morgan fingerprint density at radius 3 is 2.33 bits per heavy atom. The Kier molecular flexibility index (Phi) is 6.48. The molecule has 0 aromatic heterocycles. The second kappa shape index (κ2) is 8.13. The van der Waals surface area contributed by atoms with E-state index in [1.807, 2.05) is 0 Å². The van der Waals surface area contributed by atoms with Crippen LogP contribution in [0.5, 0.6) is 0 Å². The molecule has 1 saturated heterocycles. The number of amides is 1. The molecule has 1 saturated carbocycles. The molecular weight excluding hydrogens is 288 g/mol. The third kappa shape index (κ3) is 6.34. The summed E-state index contributed by atoms with van der Waals surface area (Å²) >= 11 is 0. The van der Waals surface area contributed by atoms with Crippen molar-refractivity contribution in [2.24, 2.45) is 5.92 Å². The SMILES string of the molecule is O=C(C[C@@H]1CCS(=O)(=O)C1)NCCNC1CCCCCC1. The number of nitrogens with one attached hydrogen (secondary N) is 2. The van der Waals surface area contributed by atoms with E-state index in [4.69, 9.17) is 0 Å². The Morgan fingerprint density at radius 2 is 1.71 bits per heavy atom. The summed E-state index contributed by atoms with van der Waals surface area (Å²) in [5, 5.41) is 6.41. The molecule has 1 atom stereocenters. The second-order valence-electron chi connectivity index (χ2n) is 6.47. The molecule has 2 N–H and O–H groups in total. The van der Waals surface area contributed by atoms with Crippen LogP contribution in [0.25, 0.3) is 0 Å². The maximum Gasteiger partial charge on any atom is 0.220 e. The van der Waals surface area contributed by atoms with Gasteiger partial charge in [-0.05, 0) is 25.2 Å². The second-order valence-corrected chi connectivity index (χ2v) is 8.69. The van der Waals surface area contributed by atoms with Crippen LogP contribution in [0, 0.1) is 5.92 Å². The smallest absolute Gasteiger partial charge is 0.220 e. The van der Waals surface area contributed by atoms with Gasteiger partial charge in [0, 0.05) is 25.6 Å². The molecule has 1 aliphatic carbocycles. The predicted octanol–water partition coefficient (Wildman–Crippen LogP) is 1.24. The van der Waals surface area contributed by atoms with Crippen LogP contribution < -0.4 is 10.6 Å². The van der Waals surface area contributed by atoms with Crippen molar-refractivity contribution in [1.82, 2.24) is 10.6 Å². The highest BCUT2D eigenvalue weighted by molar-refractivity contribution is 7.91. The minimum Gasteiger partial charge on any atom is -0.355 e. The summed E-state index contributed by atoms with van der Waals surface area (Å²) in [7, 11) is -2.88. The van der Waals surface area contributed by atoms with Crippen LogP contribution >= 0.6 is 0 Å². The van der Waals surface area contributed by atoms with Gasteiger partial charge in [0.05, 0.1) is 11.5 Å². The lowest BCUT2D eigenvalue weighted by atomic mass is 10.1. The van der Waals surface area contributed by atoms with Crippen molar-refractivity contribution in [1.29, 1.82) is 0 Å². The molecule has 0 aromatic rings. The molecule has 0 unspecified atom stereocenters. The highest BCUT2D eigenvalue weighted by Gasteiger charge is 2.29. The summed E-state index contributed by atoms with van der Waals surface area (Å²) in [6, 6.07) is 0.601. The first-order valence-electron chi connectivity index (χ1n) is 8.26. The summed E-state index contributed by atoms with van der Waals surface area (Å²) in [5.74, 6) is 0.430. The van der Waals surface area contributed by atoms with Gasteiger partial charge >= 0.3 is 0 Å². The minimum absolute atomic E-state index is 0.0141. The Labute approximate surface area is 128 Å². The Bertz CT molecular complexity index is 428. The number of hydrogen-bond acceptors (Lipinski definition) is 4. The number of hydrogen-bond donors (Lipinski definition) is 2. The Balaban J connectivity index is 1.55. The van der Waals surface area contributed by atoms with Crippen LogP contribution in [0.3, 0.4) is 0 Å². The van der Waals surface area contributed by atoms with Gasteiger partial charge in [-0.3, -0.25) is 4.79 Å². The summed E-state index contributed by atoms with van der Waals surface area (Å²) in [6.07, 6.45) is 8.78. The van der Waals surface area contributed by atoms with E-state index in [1.165, 1.54) is 38.5 Å². The van der Waals surface area contributed by atoms with Gasteiger partial charge in [0.1, 0.15) is 0 Å². The van der Waals surface area contributed by atoms with Crippen molar-refractivity contribution < 1.29 is 13.2 Å². The van der Waals surface area contributed by atoms with Gasteiger partial charge in [-0.2, -0.15) is 0 Å². The molecule has 0 aromatic carbocycles. The minimum atomic E-state index is -2.88. The maximum atomic E-state index is 11.8. The van der Waals surface area contributed by atoms with Crippen LogP contribution in [0.1, 0.15) is 51.4 Å². The van der Waals surface area contributed by atoms with Crippen molar-refractivity contribution in [3.8, 4) is 0 Å². The molecule has 1 heterocycles. The highest BCUT2D eigenvalue weighted by atomic mass is 32.2. The molecular formula is C15H28N2O3S. The summed E-state index contributed by atoms with van der Waals surface area (Å²) in [6.45, 7) is 1.44. The number of rotatable bonds is 6. The zero-order chi connectivity index (χ0) is 15.1. The molecule has 2 rings (SSSR count). The molecule has 2 fully saturated rings. The van der Waals surface area contributed by atoms with E-state index in [0.717, 1.165) is 6.54 Å². The first kappa shape index (κ1) is 16.7. The number of sulfone groups is 1. The summed E-state index contributed by atoms with van der Waals surface area (Å²) < 4.78 is 22.7. The third-order valence-corrected chi connectivity index (χ3v) is 6.37. The lowest BCUT2D eigenvalue weighted by molar-refractivity contribution is -0.121. The van der Waals surface area contributed by atoms with E-state index < -0.39 is 9.84 Å². The average molecular weight is 316 g/mol. The van der Waals surface area contributed by atoms with E-state index in [2.05, 4.69) is 10.6 Å². The van der Waals surface area contributed by atoms with Crippen LogP contribution in [-0.2, 0) is 14.6 Å². The molecule has 2 aliphatic rings. The standard InChI is InChI=1S/C15H28N2O3S/c18-15(11-13-7-10-21(19,20)12-13)17-9-8-16-14-5-3-1-2-4-6-14/h13-14,16H,1-12H2,(H,17,18)/t13-/m0/s1. The Morgan fingerprint density at radius 1 is 1.00 bits per heavy atom. The quantitative estimate of drug-likeness (QED) is 0.571. The first-order chi connectivity index (χ1) is 10.1. The van der Waals surface area contributed by atoms with Crippen molar-refractivity contribution in [3.05, 3.63) is 0 Å². The normalized spacial score (nSPS) is 26.4. The number of carbonyl (C=O) groups excluding carboxylic acids is 1. The fraction of sp³-hybridized carbons (Fsp3) is 0.933. The van der Waals surface area contributed by atoms with Crippen LogP contribution in [0.2, 0.25) is 0 Å². The molecule has 122 valence electrons. The van der Waals surface area contributed by atoms with Crippen molar-refractivity contribution >= 4 is 15.7 Å². The van der Waals surface area contributed by atoms with Gasteiger partial charge < -0.3 is 10.6 Å². The van der Waals surface area contributed by atoms with E-state index in [0.29, 0.717) is 25.4 Å².